The van der Waals surface area contributed by atoms with E-state index in [9.17, 15) is 0 Å². The lowest BCUT2D eigenvalue weighted by Crippen LogP contribution is -2.45. The maximum Gasteiger partial charge on any atom is 0.118 e. The molecule has 1 fully saturated rings. The number of piperidine rings is 1. The summed E-state index contributed by atoms with van der Waals surface area (Å²) in [6.07, 6.45) is 13.0. The summed E-state index contributed by atoms with van der Waals surface area (Å²) in [4.78, 5) is 9.66. The molecule has 1 aliphatic rings. The molecule has 2 unspecified atom stereocenters. The van der Waals surface area contributed by atoms with Gasteiger partial charge in [-0.1, -0.05) is 56.0 Å². The highest BCUT2D eigenvalue weighted by atomic mass is 35.5. The Labute approximate surface area is 212 Å². The Balaban J connectivity index is 2.03. The first-order valence-electron chi connectivity index (χ1n) is 12.4. The van der Waals surface area contributed by atoms with Gasteiger partial charge >= 0.3 is 0 Å². The van der Waals surface area contributed by atoms with Crippen molar-refractivity contribution in [3.05, 3.63) is 84.1 Å². The van der Waals surface area contributed by atoms with Crippen LogP contribution in [0.1, 0.15) is 44.7 Å². The molecule has 0 N–H and O–H groups in total. The maximum atomic E-state index is 6.18. The summed E-state index contributed by atoms with van der Waals surface area (Å²) in [5.74, 6) is 1.41. The van der Waals surface area contributed by atoms with E-state index in [0.717, 1.165) is 42.5 Å². The number of benzene rings is 1. The molecule has 1 heterocycles. The van der Waals surface area contributed by atoms with Gasteiger partial charge in [0.1, 0.15) is 12.4 Å². The predicted octanol–water partition coefficient (Wildman–Crippen LogP) is 6.72. The molecule has 0 aliphatic carbocycles. The van der Waals surface area contributed by atoms with E-state index in [1.54, 1.807) is 12.2 Å². The van der Waals surface area contributed by atoms with Gasteiger partial charge in [0, 0.05) is 24.7 Å². The van der Waals surface area contributed by atoms with Crippen molar-refractivity contribution in [1.82, 2.24) is 9.80 Å². The van der Waals surface area contributed by atoms with E-state index in [0.29, 0.717) is 18.6 Å². The summed E-state index contributed by atoms with van der Waals surface area (Å²) in [5, 5.41) is 0.758. The van der Waals surface area contributed by atoms with Crippen LogP contribution in [0.15, 0.2) is 78.6 Å². The summed E-state index contributed by atoms with van der Waals surface area (Å²) in [7, 11) is 4.12. The fraction of sp³-hybridized carbons (Fsp3) is 0.483. The molecule has 34 heavy (non-hydrogen) atoms. The van der Waals surface area contributed by atoms with E-state index in [-0.39, 0.29) is 6.04 Å². The highest BCUT2D eigenvalue weighted by molar-refractivity contribution is 6.30. The van der Waals surface area contributed by atoms with E-state index in [2.05, 4.69) is 73.1 Å². The maximum absolute atomic E-state index is 6.18. The van der Waals surface area contributed by atoms with Crippen molar-refractivity contribution in [2.24, 2.45) is 10.9 Å². The molecule has 0 amide bonds. The van der Waals surface area contributed by atoms with Crippen LogP contribution in [0.25, 0.3) is 0 Å². The van der Waals surface area contributed by atoms with E-state index < -0.39 is 0 Å². The van der Waals surface area contributed by atoms with Gasteiger partial charge in [0.05, 0.1) is 11.8 Å². The Morgan fingerprint density at radius 3 is 2.50 bits per heavy atom. The second-order valence-corrected chi connectivity index (χ2v) is 9.29. The van der Waals surface area contributed by atoms with Crippen molar-refractivity contribution in [2.45, 2.75) is 45.2 Å². The Hall–Kier alpha value is -2.14. The van der Waals surface area contributed by atoms with Crippen molar-refractivity contribution in [1.29, 1.82) is 0 Å². The largest absolute Gasteiger partial charge is 0.492 e. The van der Waals surface area contributed by atoms with Crippen LogP contribution in [-0.4, -0.2) is 61.9 Å². The Kier molecular flexibility index (Phi) is 12.4. The average molecular weight is 484 g/mol. The van der Waals surface area contributed by atoms with E-state index >= 15 is 0 Å². The smallest absolute Gasteiger partial charge is 0.118 e. The number of aliphatic imine (C=N–C) groups is 1. The van der Waals surface area contributed by atoms with E-state index in [4.69, 9.17) is 16.3 Å². The summed E-state index contributed by atoms with van der Waals surface area (Å²) in [6.45, 7) is 15.8. The second kappa shape index (κ2) is 15.0. The average Bonchev–Trinajstić information content (AvgIpc) is 2.86. The molecule has 1 aromatic rings. The molecule has 2 rings (SSSR count). The molecule has 1 aromatic carbocycles. The van der Waals surface area contributed by atoms with Crippen LogP contribution in [0, 0.1) is 5.92 Å². The fourth-order valence-corrected chi connectivity index (χ4v) is 4.72. The van der Waals surface area contributed by atoms with Gasteiger partial charge in [0.15, 0.2) is 0 Å². The number of hydrogen-bond acceptors (Lipinski definition) is 4. The summed E-state index contributed by atoms with van der Waals surface area (Å²) < 4.78 is 5.80. The number of likely N-dealkylation sites (tertiary alicyclic amines) is 1. The first kappa shape index (κ1) is 28.1. The van der Waals surface area contributed by atoms with Gasteiger partial charge in [-0.15, -0.1) is 0 Å². The predicted molar refractivity (Wildman–Crippen MR) is 148 cm³/mol. The van der Waals surface area contributed by atoms with Crippen molar-refractivity contribution in [3.8, 4) is 0 Å². The third-order valence-electron chi connectivity index (χ3n) is 6.77. The lowest BCUT2D eigenvalue weighted by Gasteiger charge is -2.41. The van der Waals surface area contributed by atoms with Gasteiger partial charge < -0.3 is 4.74 Å². The molecule has 4 nitrogen and oxygen atoms in total. The van der Waals surface area contributed by atoms with E-state index in [1.807, 2.05) is 25.3 Å². The molecule has 0 saturated carbocycles. The van der Waals surface area contributed by atoms with Crippen molar-refractivity contribution >= 4 is 17.3 Å². The molecule has 1 saturated heterocycles. The second-order valence-electron chi connectivity index (χ2n) is 8.86. The number of rotatable bonds is 13. The summed E-state index contributed by atoms with van der Waals surface area (Å²) in [6, 6.07) is 8.72. The number of ether oxygens (including phenoxy) is 1. The van der Waals surface area contributed by atoms with Gasteiger partial charge in [-0.05, 0) is 88.2 Å². The molecular weight excluding hydrogens is 442 g/mol. The molecule has 1 aliphatic heterocycles. The van der Waals surface area contributed by atoms with Crippen LogP contribution in [0.4, 0.5) is 0 Å². The van der Waals surface area contributed by atoms with Gasteiger partial charge in [-0.3, -0.25) is 14.8 Å². The quantitative estimate of drug-likeness (QED) is 0.177. The third kappa shape index (κ3) is 8.26. The number of nitrogens with zero attached hydrogens (tertiary/aromatic N) is 3. The van der Waals surface area contributed by atoms with Crippen LogP contribution in [-0.2, 0) is 4.74 Å². The standard InChI is InChI=1S/C29H42ClN3O/c1-7-10-12-28(31-5)29(25-13-15-26(30)16-14-25)32(6)23(4)24-17-19-33(20-18-24)21-22-34-27(9-3)11-8-2/h8-16,23-24,29H,2-3,7,17-22H2,1,4-6H3/b12-10-,27-11+,31-28?. The van der Waals surface area contributed by atoms with Crippen LogP contribution in [0.2, 0.25) is 5.02 Å². The van der Waals surface area contributed by atoms with Crippen LogP contribution in [0.3, 0.4) is 0 Å². The number of allylic oxidation sites excluding steroid dienone is 4. The molecule has 0 radical (unpaired) electrons. The Bertz CT molecular complexity index is 851. The topological polar surface area (TPSA) is 28.1 Å². The zero-order valence-electron chi connectivity index (χ0n) is 21.4. The zero-order valence-corrected chi connectivity index (χ0v) is 22.2. The first-order valence-corrected chi connectivity index (χ1v) is 12.7. The molecule has 2 atom stereocenters. The van der Waals surface area contributed by atoms with Crippen LogP contribution in [0.5, 0.6) is 0 Å². The van der Waals surface area contributed by atoms with Gasteiger partial charge in [-0.25, -0.2) is 0 Å². The molecular formula is C29H42ClN3O. The van der Waals surface area contributed by atoms with Crippen molar-refractivity contribution in [3.63, 3.8) is 0 Å². The molecule has 5 heteroatoms. The first-order chi connectivity index (χ1) is 16.4. The molecule has 0 aromatic heterocycles. The molecule has 186 valence electrons. The lowest BCUT2D eigenvalue weighted by molar-refractivity contribution is 0.0869. The lowest BCUT2D eigenvalue weighted by atomic mass is 9.87. The number of hydrogen-bond donors (Lipinski definition) is 0. The molecule has 0 spiro atoms. The SMILES string of the molecule is C=C/C=C(\C=C)OCCN1CCC(C(C)N(C)C(C(/C=C\CC)=NC)c2ccc(Cl)cc2)CC1. The minimum absolute atomic E-state index is 0.0977. The number of halogens is 1. The monoisotopic (exact) mass is 483 g/mol. The van der Waals surface area contributed by atoms with Crippen molar-refractivity contribution in [2.75, 3.05) is 40.3 Å². The van der Waals surface area contributed by atoms with Gasteiger partial charge in [-0.2, -0.15) is 0 Å². The Morgan fingerprint density at radius 2 is 1.94 bits per heavy atom. The van der Waals surface area contributed by atoms with Gasteiger partial charge in [0.25, 0.3) is 0 Å². The highest BCUT2D eigenvalue weighted by Crippen LogP contribution is 2.31. The normalized spacial score (nSPS) is 18.3. The minimum Gasteiger partial charge on any atom is -0.492 e. The highest BCUT2D eigenvalue weighted by Gasteiger charge is 2.31. The summed E-state index contributed by atoms with van der Waals surface area (Å²) >= 11 is 6.18. The Morgan fingerprint density at radius 1 is 1.26 bits per heavy atom. The zero-order chi connectivity index (χ0) is 24.9. The van der Waals surface area contributed by atoms with Gasteiger partial charge in [0.2, 0.25) is 0 Å². The van der Waals surface area contributed by atoms with E-state index in [1.165, 1.54) is 18.4 Å². The van der Waals surface area contributed by atoms with Crippen LogP contribution >= 0.6 is 11.6 Å². The minimum atomic E-state index is 0.0977. The summed E-state index contributed by atoms with van der Waals surface area (Å²) in [5.41, 5.74) is 2.30. The fourth-order valence-electron chi connectivity index (χ4n) is 4.60. The van der Waals surface area contributed by atoms with Crippen molar-refractivity contribution < 1.29 is 4.74 Å². The molecule has 0 bridgehead atoms. The van der Waals surface area contributed by atoms with Crippen LogP contribution < -0.4 is 0 Å². The third-order valence-corrected chi connectivity index (χ3v) is 7.02.